The van der Waals surface area contributed by atoms with Crippen molar-refractivity contribution in [2.45, 2.75) is 13.8 Å². The monoisotopic (exact) mass is 177 g/mol. The van der Waals surface area contributed by atoms with Crippen LogP contribution in [0.3, 0.4) is 0 Å². The molecule has 0 aliphatic carbocycles. The van der Waals surface area contributed by atoms with Crippen molar-refractivity contribution in [3.8, 4) is 11.4 Å². The summed E-state index contributed by atoms with van der Waals surface area (Å²) in [6, 6.07) is 1.93. The molecular formula is C9H11N3O. The van der Waals surface area contributed by atoms with Gasteiger partial charge in [0, 0.05) is 12.4 Å². The van der Waals surface area contributed by atoms with Gasteiger partial charge in [0.15, 0.2) is 5.82 Å². The van der Waals surface area contributed by atoms with Crippen LogP contribution in [-0.4, -0.2) is 9.66 Å². The van der Waals surface area contributed by atoms with Crippen LogP contribution < -0.4 is 5.84 Å². The lowest BCUT2D eigenvalue weighted by Crippen LogP contribution is -2.08. The second-order valence-electron chi connectivity index (χ2n) is 2.99. The molecule has 2 rings (SSSR count). The minimum absolute atomic E-state index is 0.731. The molecule has 0 amide bonds. The number of aryl methyl sites for hydroxylation is 2. The first kappa shape index (κ1) is 7.91. The van der Waals surface area contributed by atoms with Gasteiger partial charge in [0.2, 0.25) is 0 Å². The fraction of sp³-hybridized carbons (Fsp3) is 0.222. The van der Waals surface area contributed by atoms with Gasteiger partial charge in [-0.3, -0.25) is 4.68 Å². The molecule has 2 heterocycles. The molecule has 0 aliphatic heterocycles. The van der Waals surface area contributed by atoms with Crippen molar-refractivity contribution in [3.63, 3.8) is 0 Å². The Labute approximate surface area is 76.0 Å². The lowest BCUT2D eigenvalue weighted by molar-refractivity contribution is 0.505. The highest BCUT2D eigenvalue weighted by atomic mass is 16.3. The van der Waals surface area contributed by atoms with Gasteiger partial charge in [-0.2, -0.15) is 0 Å². The van der Waals surface area contributed by atoms with Gasteiger partial charge in [-0.1, -0.05) is 0 Å². The highest BCUT2D eigenvalue weighted by Crippen LogP contribution is 2.23. The third-order valence-electron chi connectivity index (χ3n) is 1.95. The minimum Gasteiger partial charge on any atom is -0.466 e. The smallest absolute Gasteiger partial charge is 0.161 e. The van der Waals surface area contributed by atoms with Gasteiger partial charge in [0.25, 0.3) is 0 Å². The molecule has 2 aromatic heterocycles. The summed E-state index contributed by atoms with van der Waals surface area (Å²) in [5.41, 5.74) is 0.949. The molecule has 4 nitrogen and oxygen atoms in total. The van der Waals surface area contributed by atoms with Crippen LogP contribution in [0.15, 0.2) is 22.9 Å². The van der Waals surface area contributed by atoms with Gasteiger partial charge in [0.05, 0.1) is 5.56 Å². The van der Waals surface area contributed by atoms with E-state index in [0.29, 0.717) is 0 Å². The van der Waals surface area contributed by atoms with E-state index in [1.165, 1.54) is 4.68 Å². The summed E-state index contributed by atoms with van der Waals surface area (Å²) in [6.07, 6.45) is 3.37. The van der Waals surface area contributed by atoms with Crippen LogP contribution in [0.2, 0.25) is 0 Å². The maximum absolute atomic E-state index is 5.66. The summed E-state index contributed by atoms with van der Waals surface area (Å²) in [5, 5.41) is 0. The Morgan fingerprint density at radius 3 is 2.69 bits per heavy atom. The topological polar surface area (TPSA) is 57.0 Å². The van der Waals surface area contributed by atoms with Gasteiger partial charge < -0.3 is 10.3 Å². The number of aromatic nitrogens is 2. The molecule has 0 unspecified atom stereocenters. The summed E-state index contributed by atoms with van der Waals surface area (Å²) in [5.74, 6) is 8.11. The third-order valence-corrected chi connectivity index (χ3v) is 1.95. The highest BCUT2D eigenvalue weighted by molar-refractivity contribution is 5.58. The molecule has 0 bridgehead atoms. The van der Waals surface area contributed by atoms with Crippen molar-refractivity contribution in [3.05, 3.63) is 30.0 Å². The molecular weight excluding hydrogens is 166 g/mol. The lowest BCUT2D eigenvalue weighted by atomic mass is 10.2. The van der Waals surface area contributed by atoms with Crippen LogP contribution in [0.4, 0.5) is 0 Å². The zero-order valence-electron chi connectivity index (χ0n) is 7.61. The van der Waals surface area contributed by atoms with E-state index in [0.717, 1.165) is 22.9 Å². The minimum atomic E-state index is 0.731. The number of furan rings is 1. The Balaban J connectivity index is 2.58. The molecule has 4 heteroatoms. The first-order valence-corrected chi connectivity index (χ1v) is 4.04. The van der Waals surface area contributed by atoms with Crippen molar-refractivity contribution in [2.24, 2.45) is 0 Å². The van der Waals surface area contributed by atoms with Gasteiger partial charge in [-0.05, 0) is 19.9 Å². The molecule has 68 valence electrons. The molecule has 0 aromatic carbocycles. The number of hydrogen-bond acceptors (Lipinski definition) is 3. The van der Waals surface area contributed by atoms with Crippen molar-refractivity contribution >= 4 is 0 Å². The number of nitrogen functional groups attached to an aromatic ring is 1. The van der Waals surface area contributed by atoms with Gasteiger partial charge in [-0.15, -0.1) is 0 Å². The number of nitrogens with zero attached hydrogens (tertiary/aromatic N) is 2. The zero-order valence-corrected chi connectivity index (χ0v) is 7.61. The highest BCUT2D eigenvalue weighted by Gasteiger charge is 2.10. The summed E-state index contributed by atoms with van der Waals surface area (Å²) < 4.78 is 6.87. The lowest BCUT2D eigenvalue weighted by Gasteiger charge is -1.97. The van der Waals surface area contributed by atoms with Crippen molar-refractivity contribution in [1.29, 1.82) is 0 Å². The summed E-state index contributed by atoms with van der Waals surface area (Å²) in [4.78, 5) is 4.14. The van der Waals surface area contributed by atoms with Crippen molar-refractivity contribution < 1.29 is 4.42 Å². The maximum Gasteiger partial charge on any atom is 0.161 e. The van der Waals surface area contributed by atoms with Crippen LogP contribution in [0, 0.1) is 13.8 Å². The van der Waals surface area contributed by atoms with E-state index in [9.17, 15) is 0 Å². The SMILES string of the molecule is Cc1cc(-c2nccn2N)c(C)o1. The van der Waals surface area contributed by atoms with E-state index >= 15 is 0 Å². The van der Waals surface area contributed by atoms with Crippen molar-refractivity contribution in [2.75, 3.05) is 5.84 Å². The Bertz CT molecular complexity index is 428. The molecule has 0 saturated heterocycles. The van der Waals surface area contributed by atoms with E-state index in [-0.39, 0.29) is 0 Å². The third kappa shape index (κ3) is 1.20. The normalized spacial score (nSPS) is 10.6. The molecule has 2 N–H and O–H groups in total. The van der Waals surface area contributed by atoms with Crippen LogP contribution in [0.1, 0.15) is 11.5 Å². The first-order valence-electron chi connectivity index (χ1n) is 4.04. The standard InChI is InChI=1S/C9H11N3O/c1-6-5-8(7(2)13-6)9-11-3-4-12(9)10/h3-5H,10H2,1-2H3. The largest absolute Gasteiger partial charge is 0.466 e. The Morgan fingerprint density at radius 2 is 2.23 bits per heavy atom. The van der Waals surface area contributed by atoms with Gasteiger partial charge >= 0.3 is 0 Å². The van der Waals surface area contributed by atoms with E-state index in [2.05, 4.69) is 4.98 Å². The maximum atomic E-state index is 5.66. The predicted molar refractivity (Wildman–Crippen MR) is 49.6 cm³/mol. The number of rotatable bonds is 1. The summed E-state index contributed by atoms with van der Waals surface area (Å²) >= 11 is 0. The Hall–Kier alpha value is -1.71. The molecule has 0 spiro atoms. The number of nitrogens with two attached hydrogens (primary N) is 1. The summed E-state index contributed by atoms with van der Waals surface area (Å²) in [6.45, 7) is 3.80. The molecule has 0 atom stereocenters. The van der Waals surface area contributed by atoms with E-state index in [1.807, 2.05) is 19.9 Å². The van der Waals surface area contributed by atoms with Gasteiger partial charge in [-0.25, -0.2) is 4.98 Å². The average molecular weight is 177 g/mol. The Kier molecular flexibility index (Phi) is 1.62. The first-order chi connectivity index (χ1) is 6.18. The fourth-order valence-electron chi connectivity index (χ4n) is 1.37. The van der Waals surface area contributed by atoms with Crippen molar-refractivity contribution in [1.82, 2.24) is 9.66 Å². The molecule has 0 fully saturated rings. The van der Waals surface area contributed by atoms with Crippen LogP contribution >= 0.6 is 0 Å². The second kappa shape index (κ2) is 2.65. The average Bonchev–Trinajstić information content (AvgIpc) is 2.58. The van der Waals surface area contributed by atoms with Crippen LogP contribution in [0.25, 0.3) is 11.4 Å². The van der Waals surface area contributed by atoms with E-state index in [1.54, 1.807) is 12.4 Å². The Morgan fingerprint density at radius 1 is 1.46 bits per heavy atom. The summed E-state index contributed by atoms with van der Waals surface area (Å²) in [7, 11) is 0. The van der Waals surface area contributed by atoms with Gasteiger partial charge in [0.1, 0.15) is 11.5 Å². The van der Waals surface area contributed by atoms with E-state index in [4.69, 9.17) is 10.3 Å². The van der Waals surface area contributed by atoms with Crippen LogP contribution in [-0.2, 0) is 0 Å². The zero-order chi connectivity index (χ0) is 9.42. The molecule has 0 radical (unpaired) electrons. The number of imidazole rings is 1. The van der Waals surface area contributed by atoms with E-state index < -0.39 is 0 Å². The molecule has 0 aliphatic rings. The molecule has 2 aromatic rings. The second-order valence-corrected chi connectivity index (χ2v) is 2.99. The molecule has 0 saturated carbocycles. The molecule has 13 heavy (non-hydrogen) atoms. The quantitative estimate of drug-likeness (QED) is 0.671. The predicted octanol–water partition coefficient (Wildman–Crippen LogP) is 1.47. The fourth-order valence-corrected chi connectivity index (χ4v) is 1.37. The van der Waals surface area contributed by atoms with Crippen LogP contribution in [0.5, 0.6) is 0 Å². The number of hydrogen-bond donors (Lipinski definition) is 1.